The summed E-state index contributed by atoms with van der Waals surface area (Å²) in [4.78, 5) is 33.4. The molecule has 3 heterocycles. The molecule has 1 N–H and O–H groups in total. The number of hydrogen-bond donors (Lipinski definition) is 1. The predicted octanol–water partition coefficient (Wildman–Crippen LogP) is 5.45. The van der Waals surface area contributed by atoms with Gasteiger partial charge in [-0.15, -0.1) is 0 Å². The number of fused-ring (bicyclic) bond motifs is 3. The van der Waals surface area contributed by atoms with Crippen molar-refractivity contribution in [2.45, 2.75) is 11.5 Å². The maximum atomic E-state index is 15.0. The second kappa shape index (κ2) is 8.81. The molecule has 0 bridgehead atoms. The molecule has 0 saturated carbocycles. The number of nitrogens with one attached hydrogen (secondary N) is 1. The van der Waals surface area contributed by atoms with Gasteiger partial charge in [0.1, 0.15) is 5.54 Å². The van der Waals surface area contributed by atoms with E-state index in [2.05, 4.69) is 15.1 Å². The van der Waals surface area contributed by atoms with E-state index < -0.39 is 11.0 Å². The molecule has 0 radical (unpaired) electrons. The number of rotatable bonds is 2. The van der Waals surface area contributed by atoms with E-state index in [-0.39, 0.29) is 17.6 Å². The number of anilines is 1. The fourth-order valence-corrected chi connectivity index (χ4v) is 7.44. The van der Waals surface area contributed by atoms with E-state index in [9.17, 15) is 9.59 Å². The Morgan fingerprint density at radius 3 is 2.35 bits per heavy atom. The third kappa shape index (κ3) is 3.31. The first-order valence-electron chi connectivity index (χ1n) is 12.4. The Morgan fingerprint density at radius 1 is 0.919 bits per heavy atom. The average Bonchev–Trinajstić information content (AvgIpc) is 3.32. The van der Waals surface area contributed by atoms with Gasteiger partial charge in [0, 0.05) is 52.4 Å². The van der Waals surface area contributed by atoms with E-state index in [4.69, 9.17) is 23.2 Å². The molecule has 1 amide bonds. The molecule has 3 atom stereocenters. The number of Topliss-reactive ketones (excluding diaryl/α,β-unsaturated/α-hetero) is 1. The number of halogens is 2. The number of benzene rings is 3. The number of carbonyl (C=O) groups is 2. The number of para-hydroxylation sites is 1. The maximum Gasteiger partial charge on any atom is 0.250 e. The van der Waals surface area contributed by atoms with E-state index in [1.807, 2.05) is 93.0 Å². The number of piperidine rings is 1. The van der Waals surface area contributed by atoms with E-state index >= 15 is 0 Å². The highest BCUT2D eigenvalue weighted by Gasteiger charge is 2.74. The van der Waals surface area contributed by atoms with Crippen LogP contribution in [0.2, 0.25) is 10.0 Å². The minimum atomic E-state index is -1.20. The summed E-state index contributed by atoms with van der Waals surface area (Å²) < 4.78 is 0. The van der Waals surface area contributed by atoms with Gasteiger partial charge in [0.15, 0.2) is 5.78 Å². The van der Waals surface area contributed by atoms with Gasteiger partial charge in [0.25, 0.3) is 5.91 Å². The van der Waals surface area contributed by atoms with Crippen LogP contribution in [0.3, 0.4) is 0 Å². The fourth-order valence-electron chi connectivity index (χ4n) is 6.99. The first-order chi connectivity index (χ1) is 17.8. The van der Waals surface area contributed by atoms with Crippen molar-refractivity contribution in [2.24, 2.45) is 5.41 Å². The molecule has 2 spiro atoms. The van der Waals surface area contributed by atoms with E-state index in [1.54, 1.807) is 0 Å². The molecule has 2 saturated heterocycles. The summed E-state index contributed by atoms with van der Waals surface area (Å²) in [7, 11) is 3.95. The third-order valence-corrected chi connectivity index (χ3v) is 9.02. The Labute approximate surface area is 226 Å². The van der Waals surface area contributed by atoms with Crippen molar-refractivity contribution < 1.29 is 9.59 Å². The zero-order valence-corrected chi connectivity index (χ0v) is 22.2. The third-order valence-electron chi connectivity index (χ3n) is 8.34. The number of likely N-dealkylation sites (N-methyl/N-ethyl adjacent to an activating group) is 2. The van der Waals surface area contributed by atoms with Crippen LogP contribution in [-0.4, -0.2) is 55.2 Å². The van der Waals surface area contributed by atoms with Crippen LogP contribution < -0.4 is 5.32 Å². The summed E-state index contributed by atoms with van der Waals surface area (Å²) in [5.41, 5.74) is 1.55. The Kier molecular flexibility index (Phi) is 5.81. The summed E-state index contributed by atoms with van der Waals surface area (Å²) in [5, 5.41) is 4.28. The number of amides is 1. The predicted molar refractivity (Wildman–Crippen MR) is 148 cm³/mol. The van der Waals surface area contributed by atoms with Crippen LogP contribution in [0.5, 0.6) is 0 Å². The Balaban J connectivity index is 1.65. The first-order valence-corrected chi connectivity index (χ1v) is 13.1. The Hall–Kier alpha value is -2.96. The van der Waals surface area contributed by atoms with Gasteiger partial charge in [-0.1, -0.05) is 77.8 Å². The Morgan fingerprint density at radius 2 is 1.59 bits per heavy atom. The number of carbonyl (C=O) groups excluding carboxylic acids is 2. The van der Waals surface area contributed by atoms with Crippen LogP contribution in [0.1, 0.15) is 22.6 Å². The molecule has 0 aromatic heterocycles. The molecule has 3 aromatic rings. The molecule has 3 aromatic carbocycles. The standard InChI is InChI=1S/C30H27Cl2N3O2/c1-34-16-20(15-19-9-3-6-12-24(19)31)27(36)29(18-34)23(21-10-4-7-13-25(21)32)17-35(2)30(29)22-11-5-8-14-26(22)33-28(30)37/h3-15,23H,16-18H2,1-2H3,(H,33,37)/b20-15+/t23-,29+,30+/m1/s1. The van der Waals surface area contributed by atoms with Crippen molar-refractivity contribution in [2.75, 3.05) is 39.0 Å². The van der Waals surface area contributed by atoms with Crippen LogP contribution in [0.25, 0.3) is 6.08 Å². The lowest BCUT2D eigenvalue weighted by Gasteiger charge is -2.50. The quantitative estimate of drug-likeness (QED) is 0.446. The van der Waals surface area contributed by atoms with Crippen LogP contribution in [0.15, 0.2) is 78.4 Å². The van der Waals surface area contributed by atoms with Crippen molar-refractivity contribution in [1.29, 1.82) is 0 Å². The SMILES string of the molecule is CN1C/C(=C\c2ccccc2Cl)C(=O)[C@]2(C1)[C@@H](c1ccccc1Cl)CN(C)[C@@]21C(=O)Nc2ccccc21. The van der Waals surface area contributed by atoms with Gasteiger partial charge in [-0.3, -0.25) is 14.5 Å². The van der Waals surface area contributed by atoms with Gasteiger partial charge in [-0.2, -0.15) is 0 Å². The summed E-state index contributed by atoms with van der Waals surface area (Å²) in [6.45, 7) is 1.38. The molecule has 7 heteroatoms. The molecule has 3 aliphatic rings. The number of likely N-dealkylation sites (tertiary alicyclic amines) is 2. The molecular weight excluding hydrogens is 505 g/mol. The van der Waals surface area contributed by atoms with Gasteiger partial charge in [0.2, 0.25) is 0 Å². The monoisotopic (exact) mass is 531 g/mol. The van der Waals surface area contributed by atoms with Crippen LogP contribution >= 0.6 is 23.2 Å². The van der Waals surface area contributed by atoms with Crippen molar-refractivity contribution in [3.8, 4) is 0 Å². The molecule has 6 rings (SSSR count). The minimum Gasteiger partial charge on any atom is -0.324 e. The first kappa shape index (κ1) is 24.4. The molecule has 2 fully saturated rings. The molecule has 37 heavy (non-hydrogen) atoms. The van der Waals surface area contributed by atoms with Crippen molar-refractivity contribution in [3.05, 3.63) is 105 Å². The summed E-state index contributed by atoms with van der Waals surface area (Å²) in [6.07, 6.45) is 1.89. The lowest BCUT2D eigenvalue weighted by molar-refractivity contribution is -0.146. The highest BCUT2D eigenvalue weighted by molar-refractivity contribution is 6.32. The number of nitrogens with zero attached hydrogens (tertiary/aromatic N) is 2. The zero-order valence-electron chi connectivity index (χ0n) is 20.7. The van der Waals surface area contributed by atoms with E-state index in [1.165, 1.54) is 0 Å². The number of ketones is 1. The second-order valence-electron chi connectivity index (χ2n) is 10.3. The smallest absolute Gasteiger partial charge is 0.250 e. The molecule has 0 aliphatic carbocycles. The van der Waals surface area contributed by atoms with Gasteiger partial charge in [-0.25, -0.2) is 0 Å². The van der Waals surface area contributed by atoms with Crippen LogP contribution in [0.4, 0.5) is 5.69 Å². The largest absolute Gasteiger partial charge is 0.324 e. The van der Waals surface area contributed by atoms with Crippen molar-refractivity contribution >= 4 is 46.7 Å². The summed E-state index contributed by atoms with van der Waals surface area (Å²) >= 11 is 13.3. The van der Waals surface area contributed by atoms with Crippen LogP contribution in [0, 0.1) is 5.41 Å². The van der Waals surface area contributed by atoms with Gasteiger partial charge < -0.3 is 10.2 Å². The molecule has 188 valence electrons. The zero-order chi connectivity index (χ0) is 25.9. The Bertz CT molecular complexity index is 1470. The summed E-state index contributed by atoms with van der Waals surface area (Å²) in [5.74, 6) is -0.522. The summed E-state index contributed by atoms with van der Waals surface area (Å²) in [6, 6.07) is 22.9. The van der Waals surface area contributed by atoms with Gasteiger partial charge in [-0.05, 0) is 49.5 Å². The lowest BCUT2D eigenvalue weighted by atomic mass is 9.56. The fraction of sp³-hybridized carbons (Fsp3) is 0.267. The van der Waals surface area contributed by atoms with E-state index in [0.29, 0.717) is 35.3 Å². The highest BCUT2D eigenvalue weighted by Crippen LogP contribution is 2.64. The molecular formula is C30H27Cl2N3O2. The topological polar surface area (TPSA) is 52.7 Å². The average molecular weight is 532 g/mol. The van der Waals surface area contributed by atoms with E-state index in [0.717, 1.165) is 22.4 Å². The van der Waals surface area contributed by atoms with Crippen LogP contribution in [-0.2, 0) is 15.1 Å². The maximum absolute atomic E-state index is 15.0. The van der Waals surface area contributed by atoms with Gasteiger partial charge in [0.05, 0.1) is 5.41 Å². The highest BCUT2D eigenvalue weighted by atomic mass is 35.5. The van der Waals surface area contributed by atoms with Crippen molar-refractivity contribution in [1.82, 2.24) is 9.80 Å². The van der Waals surface area contributed by atoms with Crippen molar-refractivity contribution in [3.63, 3.8) is 0 Å². The molecule has 3 aliphatic heterocycles. The number of hydrogen-bond acceptors (Lipinski definition) is 4. The van der Waals surface area contributed by atoms with Gasteiger partial charge >= 0.3 is 0 Å². The molecule has 0 unspecified atom stereocenters. The molecule has 5 nitrogen and oxygen atoms in total. The second-order valence-corrected chi connectivity index (χ2v) is 11.1. The lowest BCUT2D eigenvalue weighted by Crippen LogP contribution is -2.65. The normalized spacial score (nSPS) is 28.9. The minimum absolute atomic E-state index is 0.0355.